The molecule has 1 aromatic carbocycles. The molecule has 1 amide bonds. The van der Waals surface area contributed by atoms with E-state index in [1.165, 1.54) is 5.56 Å². The molecule has 6 nitrogen and oxygen atoms in total. The number of aliphatic hydroxyl groups excluding tert-OH is 1. The maximum absolute atomic E-state index is 12.6. The van der Waals surface area contributed by atoms with E-state index >= 15 is 0 Å². The van der Waals surface area contributed by atoms with E-state index in [9.17, 15) is 14.7 Å². The highest BCUT2D eigenvalue weighted by molar-refractivity contribution is 5.83. The van der Waals surface area contributed by atoms with E-state index in [1.807, 2.05) is 30.3 Å². The largest absolute Gasteiger partial charge is 0.480 e. The number of likely N-dealkylation sites (tertiary alicyclic amines) is 1. The number of carbonyl (C=O) groups excluding carboxylic acids is 1. The van der Waals surface area contributed by atoms with E-state index in [2.05, 4.69) is 0 Å². The third-order valence-electron chi connectivity index (χ3n) is 4.86. The van der Waals surface area contributed by atoms with Crippen LogP contribution in [0.15, 0.2) is 30.3 Å². The Balaban J connectivity index is 1.59. The summed E-state index contributed by atoms with van der Waals surface area (Å²) in [6.45, 7) is 0.535. The molecular weight excluding hydrogens is 296 g/mol. The first kappa shape index (κ1) is 16.0. The van der Waals surface area contributed by atoms with E-state index in [-0.39, 0.29) is 36.9 Å². The highest BCUT2D eigenvalue weighted by Gasteiger charge is 2.48. The maximum Gasteiger partial charge on any atom is 0.317 e. The van der Waals surface area contributed by atoms with Crippen LogP contribution in [0.1, 0.15) is 17.9 Å². The summed E-state index contributed by atoms with van der Waals surface area (Å²) in [5, 5.41) is 19.0. The molecule has 1 saturated heterocycles. The average molecular weight is 318 g/mol. The van der Waals surface area contributed by atoms with E-state index < -0.39 is 12.1 Å². The molecule has 1 aliphatic carbocycles. The highest BCUT2D eigenvalue weighted by Crippen LogP contribution is 2.48. The molecule has 0 bridgehead atoms. The number of hydrogen-bond acceptors (Lipinski definition) is 4. The molecule has 3 rings (SSSR count). The Morgan fingerprint density at radius 2 is 1.96 bits per heavy atom. The van der Waals surface area contributed by atoms with Crippen molar-refractivity contribution in [2.75, 3.05) is 26.7 Å². The molecule has 1 heterocycles. The van der Waals surface area contributed by atoms with Crippen LogP contribution in [0.25, 0.3) is 0 Å². The number of carbonyl (C=O) groups is 2. The summed E-state index contributed by atoms with van der Waals surface area (Å²) in [5.41, 5.74) is 1.19. The van der Waals surface area contributed by atoms with Crippen LogP contribution in [0.3, 0.4) is 0 Å². The van der Waals surface area contributed by atoms with Gasteiger partial charge in [-0.25, -0.2) is 0 Å². The third-order valence-corrected chi connectivity index (χ3v) is 4.86. The number of aliphatic carboxylic acids is 1. The number of nitrogens with zero attached hydrogens (tertiary/aromatic N) is 2. The standard InChI is InChI=1S/C17H22N2O4/c1-18(10-16(21)22)14-8-19(9-15(14)20)17(23)13-7-12(13)11-5-3-2-4-6-11/h2-6,12-15,20H,7-10H2,1H3,(H,21,22)/t12-,13+,14-,15-/m1/s1. The number of likely N-dealkylation sites (N-methyl/N-ethyl adjacent to an activating group) is 1. The van der Waals surface area contributed by atoms with Gasteiger partial charge < -0.3 is 15.1 Å². The zero-order valence-corrected chi connectivity index (χ0v) is 13.1. The van der Waals surface area contributed by atoms with Crippen molar-refractivity contribution < 1.29 is 19.8 Å². The quantitative estimate of drug-likeness (QED) is 0.820. The van der Waals surface area contributed by atoms with Crippen molar-refractivity contribution in [2.24, 2.45) is 5.92 Å². The molecule has 2 fully saturated rings. The number of carboxylic acid groups (broad SMARTS) is 1. The number of carboxylic acids is 1. The van der Waals surface area contributed by atoms with Gasteiger partial charge in [-0.3, -0.25) is 14.5 Å². The van der Waals surface area contributed by atoms with Crippen molar-refractivity contribution in [2.45, 2.75) is 24.5 Å². The Morgan fingerprint density at radius 3 is 2.61 bits per heavy atom. The molecule has 124 valence electrons. The van der Waals surface area contributed by atoms with Gasteiger partial charge in [-0.1, -0.05) is 30.3 Å². The number of β-amino-alcohol motifs (C(OH)–C–C–N with tert-alkyl or cyclic N) is 1. The summed E-state index contributed by atoms with van der Waals surface area (Å²) in [4.78, 5) is 26.7. The summed E-state index contributed by atoms with van der Waals surface area (Å²) >= 11 is 0. The highest BCUT2D eigenvalue weighted by atomic mass is 16.4. The first-order valence-electron chi connectivity index (χ1n) is 7.91. The maximum atomic E-state index is 12.6. The lowest BCUT2D eigenvalue weighted by Crippen LogP contribution is -2.43. The normalized spacial score (nSPS) is 29.8. The van der Waals surface area contributed by atoms with Crippen LogP contribution in [0.2, 0.25) is 0 Å². The molecule has 6 heteroatoms. The molecule has 4 atom stereocenters. The van der Waals surface area contributed by atoms with Gasteiger partial charge in [0.2, 0.25) is 5.91 Å². The predicted octanol–water partition coefficient (Wildman–Crippen LogP) is 0.378. The Bertz CT molecular complexity index is 592. The molecule has 2 N–H and O–H groups in total. The number of benzene rings is 1. The van der Waals surface area contributed by atoms with E-state index in [0.717, 1.165) is 6.42 Å². The fraction of sp³-hybridized carbons (Fsp3) is 0.529. The lowest BCUT2D eigenvalue weighted by molar-refractivity contribution is -0.138. The Labute approximate surface area is 135 Å². The first-order chi connectivity index (χ1) is 11.0. The summed E-state index contributed by atoms with van der Waals surface area (Å²) < 4.78 is 0. The van der Waals surface area contributed by atoms with Crippen LogP contribution >= 0.6 is 0 Å². The molecule has 1 aliphatic heterocycles. The van der Waals surface area contributed by atoms with Crippen LogP contribution in [0, 0.1) is 5.92 Å². The fourth-order valence-corrected chi connectivity index (χ4v) is 3.48. The fourth-order valence-electron chi connectivity index (χ4n) is 3.48. The molecule has 2 aliphatic rings. The van der Waals surface area contributed by atoms with Crippen LogP contribution in [-0.4, -0.2) is 70.7 Å². The third kappa shape index (κ3) is 3.38. The molecule has 0 unspecified atom stereocenters. The zero-order chi connectivity index (χ0) is 16.6. The lowest BCUT2D eigenvalue weighted by atomic mass is 10.1. The van der Waals surface area contributed by atoms with Gasteiger partial charge in [-0.2, -0.15) is 0 Å². The molecule has 0 spiro atoms. The van der Waals surface area contributed by atoms with Crippen LogP contribution in [-0.2, 0) is 9.59 Å². The second-order valence-corrected chi connectivity index (χ2v) is 6.55. The van der Waals surface area contributed by atoms with Crippen molar-refractivity contribution in [3.63, 3.8) is 0 Å². The monoisotopic (exact) mass is 318 g/mol. The summed E-state index contributed by atoms with van der Waals surface area (Å²) in [6.07, 6.45) is 0.155. The van der Waals surface area contributed by atoms with Gasteiger partial charge in [0.15, 0.2) is 0 Å². The van der Waals surface area contributed by atoms with Gasteiger partial charge in [0.1, 0.15) is 0 Å². The summed E-state index contributed by atoms with van der Waals surface area (Å²) in [6, 6.07) is 9.68. The van der Waals surface area contributed by atoms with Gasteiger partial charge in [0, 0.05) is 19.0 Å². The topological polar surface area (TPSA) is 81.1 Å². The SMILES string of the molecule is CN(CC(=O)O)[C@@H]1CN(C(=O)[C@H]2C[C@@H]2c2ccccc2)C[C@H]1O. The second-order valence-electron chi connectivity index (χ2n) is 6.55. The number of hydrogen-bond donors (Lipinski definition) is 2. The van der Waals surface area contributed by atoms with Gasteiger partial charge in [-0.15, -0.1) is 0 Å². The Morgan fingerprint density at radius 1 is 1.26 bits per heavy atom. The van der Waals surface area contributed by atoms with Crippen LogP contribution < -0.4 is 0 Å². The zero-order valence-electron chi connectivity index (χ0n) is 13.1. The lowest BCUT2D eigenvalue weighted by Gasteiger charge is -2.24. The summed E-state index contributed by atoms with van der Waals surface area (Å²) in [7, 11) is 1.67. The predicted molar refractivity (Wildman–Crippen MR) is 83.9 cm³/mol. The molecule has 1 saturated carbocycles. The van der Waals surface area contributed by atoms with Gasteiger partial charge in [-0.05, 0) is 24.9 Å². The van der Waals surface area contributed by atoms with E-state index in [4.69, 9.17) is 5.11 Å². The number of amides is 1. The van der Waals surface area contributed by atoms with Crippen molar-refractivity contribution in [1.82, 2.24) is 9.80 Å². The minimum absolute atomic E-state index is 0.00636. The van der Waals surface area contributed by atoms with Gasteiger partial charge in [0.05, 0.1) is 18.7 Å². The smallest absolute Gasteiger partial charge is 0.317 e. The van der Waals surface area contributed by atoms with Crippen molar-refractivity contribution in [1.29, 1.82) is 0 Å². The Hall–Kier alpha value is -1.92. The van der Waals surface area contributed by atoms with Crippen LogP contribution in [0.4, 0.5) is 0 Å². The van der Waals surface area contributed by atoms with Crippen LogP contribution in [0.5, 0.6) is 0 Å². The molecule has 23 heavy (non-hydrogen) atoms. The van der Waals surface area contributed by atoms with Crippen molar-refractivity contribution >= 4 is 11.9 Å². The average Bonchev–Trinajstić information content (AvgIpc) is 3.22. The first-order valence-corrected chi connectivity index (χ1v) is 7.91. The minimum atomic E-state index is -0.934. The molecule has 1 aromatic rings. The Kier molecular flexibility index (Phi) is 4.37. The summed E-state index contributed by atoms with van der Waals surface area (Å²) in [5.74, 6) is -0.593. The minimum Gasteiger partial charge on any atom is -0.480 e. The second kappa shape index (κ2) is 6.29. The molecule has 0 aromatic heterocycles. The van der Waals surface area contributed by atoms with E-state index in [1.54, 1.807) is 16.8 Å². The number of rotatable bonds is 5. The van der Waals surface area contributed by atoms with Crippen molar-refractivity contribution in [3.8, 4) is 0 Å². The molecule has 0 radical (unpaired) electrons. The number of aliphatic hydroxyl groups is 1. The van der Waals surface area contributed by atoms with Gasteiger partial charge >= 0.3 is 5.97 Å². The van der Waals surface area contributed by atoms with Crippen molar-refractivity contribution in [3.05, 3.63) is 35.9 Å². The van der Waals surface area contributed by atoms with Gasteiger partial charge in [0.25, 0.3) is 0 Å². The molecular formula is C17H22N2O4. The van der Waals surface area contributed by atoms with E-state index in [0.29, 0.717) is 6.54 Å².